The second-order valence-corrected chi connectivity index (χ2v) is 7.73. The Labute approximate surface area is 184 Å². The summed E-state index contributed by atoms with van der Waals surface area (Å²) in [6.07, 6.45) is 4.27. The standard InChI is InChI=1S/C22H24N6O4/c1-15-12-19(26-32-15)25-20(29)17-6-10-27(11-7-17)22(31)24-18-5-2-4-16(13-18)14-28-9-3-8-23-21(28)30/h2-5,8-9,12-13,17H,6-7,10-11,14H2,1H3,(H,24,31)(H,25,26,29). The summed E-state index contributed by atoms with van der Waals surface area (Å²) < 4.78 is 6.46. The van der Waals surface area contributed by atoms with E-state index in [0.717, 1.165) is 5.56 Å². The second kappa shape index (κ2) is 9.46. The van der Waals surface area contributed by atoms with E-state index in [1.165, 1.54) is 10.8 Å². The van der Waals surface area contributed by atoms with Gasteiger partial charge in [0.15, 0.2) is 5.82 Å². The molecule has 166 valence electrons. The lowest BCUT2D eigenvalue weighted by atomic mass is 9.96. The number of nitrogens with one attached hydrogen (secondary N) is 2. The summed E-state index contributed by atoms with van der Waals surface area (Å²) in [5.41, 5.74) is 1.19. The van der Waals surface area contributed by atoms with E-state index in [4.69, 9.17) is 4.52 Å². The Morgan fingerprint density at radius 2 is 1.97 bits per heavy atom. The van der Waals surface area contributed by atoms with E-state index >= 15 is 0 Å². The number of rotatable bonds is 5. The van der Waals surface area contributed by atoms with Crippen LogP contribution in [0.25, 0.3) is 0 Å². The van der Waals surface area contributed by atoms with Crippen molar-refractivity contribution in [2.75, 3.05) is 23.7 Å². The van der Waals surface area contributed by atoms with Gasteiger partial charge in [0.25, 0.3) is 0 Å². The van der Waals surface area contributed by atoms with Gasteiger partial charge in [-0.2, -0.15) is 0 Å². The molecule has 0 unspecified atom stereocenters. The Morgan fingerprint density at radius 1 is 1.16 bits per heavy atom. The Balaban J connectivity index is 1.30. The van der Waals surface area contributed by atoms with Gasteiger partial charge in [-0.1, -0.05) is 17.3 Å². The second-order valence-electron chi connectivity index (χ2n) is 7.73. The topological polar surface area (TPSA) is 122 Å². The van der Waals surface area contributed by atoms with Crippen LogP contribution in [0.3, 0.4) is 0 Å². The highest BCUT2D eigenvalue weighted by Gasteiger charge is 2.28. The molecule has 1 fully saturated rings. The van der Waals surface area contributed by atoms with Gasteiger partial charge in [0, 0.05) is 43.2 Å². The van der Waals surface area contributed by atoms with Gasteiger partial charge in [-0.05, 0) is 43.5 Å². The largest absolute Gasteiger partial charge is 0.360 e. The number of likely N-dealkylation sites (tertiary alicyclic amines) is 1. The number of hydrogen-bond donors (Lipinski definition) is 2. The fourth-order valence-corrected chi connectivity index (χ4v) is 3.65. The number of urea groups is 1. The minimum absolute atomic E-state index is 0.114. The van der Waals surface area contributed by atoms with Crippen molar-refractivity contribution < 1.29 is 14.1 Å². The van der Waals surface area contributed by atoms with E-state index in [1.54, 1.807) is 36.2 Å². The summed E-state index contributed by atoms with van der Waals surface area (Å²) in [5.74, 6) is 0.735. The first-order chi connectivity index (χ1) is 15.5. The summed E-state index contributed by atoms with van der Waals surface area (Å²) in [4.78, 5) is 42.4. The zero-order valence-corrected chi connectivity index (χ0v) is 17.7. The lowest BCUT2D eigenvalue weighted by Gasteiger charge is -2.31. The van der Waals surface area contributed by atoms with E-state index in [9.17, 15) is 14.4 Å². The predicted molar refractivity (Wildman–Crippen MR) is 117 cm³/mol. The van der Waals surface area contributed by atoms with Gasteiger partial charge >= 0.3 is 11.7 Å². The monoisotopic (exact) mass is 436 g/mol. The highest BCUT2D eigenvalue weighted by atomic mass is 16.5. The molecule has 2 N–H and O–H groups in total. The van der Waals surface area contributed by atoms with Gasteiger partial charge < -0.3 is 20.1 Å². The maximum Gasteiger partial charge on any atom is 0.347 e. The van der Waals surface area contributed by atoms with Crippen molar-refractivity contribution in [2.24, 2.45) is 5.92 Å². The molecule has 0 aliphatic carbocycles. The summed E-state index contributed by atoms with van der Waals surface area (Å²) in [5, 5.41) is 9.43. The quantitative estimate of drug-likeness (QED) is 0.634. The molecule has 32 heavy (non-hydrogen) atoms. The van der Waals surface area contributed by atoms with Crippen LogP contribution in [0.4, 0.5) is 16.3 Å². The average Bonchev–Trinajstić information content (AvgIpc) is 3.20. The SMILES string of the molecule is Cc1cc(NC(=O)C2CCN(C(=O)Nc3cccc(Cn4cccnc4=O)c3)CC2)no1. The lowest BCUT2D eigenvalue weighted by Crippen LogP contribution is -2.43. The molecule has 10 heteroatoms. The van der Waals surface area contributed by atoms with Gasteiger partial charge in [-0.3, -0.25) is 9.36 Å². The summed E-state index contributed by atoms with van der Waals surface area (Å²) >= 11 is 0. The predicted octanol–water partition coefficient (Wildman–Crippen LogP) is 2.47. The number of nitrogens with zero attached hydrogens (tertiary/aromatic N) is 4. The van der Waals surface area contributed by atoms with Crippen molar-refractivity contribution in [1.29, 1.82) is 0 Å². The molecule has 1 saturated heterocycles. The molecule has 1 aliphatic rings. The molecule has 0 atom stereocenters. The van der Waals surface area contributed by atoms with Crippen LogP contribution in [0.15, 0.2) is 58.1 Å². The van der Waals surface area contributed by atoms with Crippen molar-refractivity contribution in [3.05, 3.63) is 70.6 Å². The van der Waals surface area contributed by atoms with Crippen molar-refractivity contribution in [1.82, 2.24) is 19.6 Å². The first-order valence-electron chi connectivity index (χ1n) is 10.4. The molecule has 0 saturated carbocycles. The molecule has 3 amide bonds. The number of benzene rings is 1. The van der Waals surface area contributed by atoms with Crippen molar-refractivity contribution in [3.63, 3.8) is 0 Å². The van der Waals surface area contributed by atoms with E-state index in [-0.39, 0.29) is 23.5 Å². The van der Waals surface area contributed by atoms with E-state index in [1.807, 2.05) is 18.2 Å². The van der Waals surface area contributed by atoms with Crippen LogP contribution >= 0.6 is 0 Å². The van der Waals surface area contributed by atoms with Gasteiger partial charge in [0.05, 0.1) is 6.54 Å². The zero-order chi connectivity index (χ0) is 22.5. The van der Waals surface area contributed by atoms with Crippen LogP contribution in [0.5, 0.6) is 0 Å². The lowest BCUT2D eigenvalue weighted by molar-refractivity contribution is -0.121. The highest BCUT2D eigenvalue weighted by molar-refractivity contribution is 5.92. The molecule has 0 spiro atoms. The molecule has 0 bridgehead atoms. The van der Waals surface area contributed by atoms with E-state index in [0.29, 0.717) is 49.7 Å². The number of amides is 3. The van der Waals surface area contributed by atoms with Crippen LogP contribution in [0.1, 0.15) is 24.2 Å². The summed E-state index contributed by atoms with van der Waals surface area (Å²) in [6, 6.07) is 10.5. The molecular formula is C22H24N6O4. The third kappa shape index (κ3) is 5.20. The van der Waals surface area contributed by atoms with Crippen molar-refractivity contribution in [3.8, 4) is 0 Å². The van der Waals surface area contributed by atoms with Crippen molar-refractivity contribution >= 4 is 23.4 Å². The fraction of sp³-hybridized carbons (Fsp3) is 0.318. The molecule has 3 aromatic rings. The Kier molecular flexibility index (Phi) is 6.29. The molecule has 4 rings (SSSR count). The first kappa shape index (κ1) is 21.3. The maximum atomic E-state index is 12.7. The first-order valence-corrected chi connectivity index (χ1v) is 10.4. The van der Waals surface area contributed by atoms with Crippen LogP contribution in [0.2, 0.25) is 0 Å². The number of carbonyl (C=O) groups excluding carboxylic acids is 2. The number of hydrogen-bond acceptors (Lipinski definition) is 6. The van der Waals surface area contributed by atoms with E-state index in [2.05, 4.69) is 20.8 Å². The smallest absolute Gasteiger partial charge is 0.347 e. The molecular weight excluding hydrogens is 412 g/mol. The van der Waals surface area contributed by atoms with Crippen LogP contribution < -0.4 is 16.3 Å². The normalized spacial score (nSPS) is 14.2. The Morgan fingerprint density at radius 3 is 2.69 bits per heavy atom. The molecule has 1 aromatic carbocycles. The minimum Gasteiger partial charge on any atom is -0.360 e. The number of piperidine rings is 1. The maximum absolute atomic E-state index is 12.7. The third-order valence-electron chi connectivity index (χ3n) is 5.35. The average molecular weight is 436 g/mol. The Hall–Kier alpha value is -3.95. The third-order valence-corrected chi connectivity index (χ3v) is 5.35. The number of aromatic nitrogens is 3. The molecule has 3 heterocycles. The van der Waals surface area contributed by atoms with Gasteiger partial charge in [0.2, 0.25) is 5.91 Å². The van der Waals surface area contributed by atoms with Gasteiger partial charge in [-0.15, -0.1) is 0 Å². The molecule has 0 radical (unpaired) electrons. The number of aryl methyl sites for hydroxylation is 1. The number of carbonyl (C=O) groups is 2. The molecule has 1 aliphatic heterocycles. The summed E-state index contributed by atoms with van der Waals surface area (Å²) in [7, 11) is 0. The van der Waals surface area contributed by atoms with E-state index < -0.39 is 0 Å². The van der Waals surface area contributed by atoms with Gasteiger partial charge in [-0.25, -0.2) is 14.6 Å². The summed E-state index contributed by atoms with van der Waals surface area (Å²) in [6.45, 7) is 3.08. The molecule has 2 aromatic heterocycles. The number of anilines is 2. The fourth-order valence-electron chi connectivity index (χ4n) is 3.65. The molecule has 10 nitrogen and oxygen atoms in total. The Bertz CT molecular complexity index is 1160. The highest BCUT2D eigenvalue weighted by Crippen LogP contribution is 2.21. The van der Waals surface area contributed by atoms with Crippen LogP contribution in [-0.2, 0) is 11.3 Å². The minimum atomic E-state index is -0.326. The van der Waals surface area contributed by atoms with Crippen LogP contribution in [-0.4, -0.2) is 44.6 Å². The van der Waals surface area contributed by atoms with Crippen LogP contribution in [0, 0.1) is 12.8 Å². The zero-order valence-electron chi connectivity index (χ0n) is 17.7. The van der Waals surface area contributed by atoms with Gasteiger partial charge in [0.1, 0.15) is 5.76 Å². The van der Waals surface area contributed by atoms with Crippen molar-refractivity contribution in [2.45, 2.75) is 26.3 Å².